The largest absolute Gasteiger partial charge is 0.301 e. The van der Waals surface area contributed by atoms with Crippen LogP contribution in [0.2, 0.25) is 0 Å². The van der Waals surface area contributed by atoms with Gasteiger partial charge in [-0.1, -0.05) is 42.1 Å². The van der Waals surface area contributed by atoms with Crippen molar-refractivity contribution < 1.29 is 8.78 Å². The van der Waals surface area contributed by atoms with Gasteiger partial charge in [0.05, 0.1) is 13.1 Å². The predicted molar refractivity (Wildman–Crippen MR) is 105 cm³/mol. The molecule has 0 fully saturated rings. The Kier molecular flexibility index (Phi) is 5.14. The van der Waals surface area contributed by atoms with E-state index in [9.17, 15) is 8.78 Å². The van der Waals surface area contributed by atoms with Gasteiger partial charge < -0.3 is 5.73 Å². The molecule has 1 aliphatic heterocycles. The first-order valence-electron chi connectivity index (χ1n) is 8.68. The van der Waals surface area contributed by atoms with E-state index in [1.165, 1.54) is 22.5 Å². The van der Waals surface area contributed by atoms with Gasteiger partial charge in [0.2, 0.25) is 0 Å². The van der Waals surface area contributed by atoms with Crippen LogP contribution < -0.4 is 10.7 Å². The van der Waals surface area contributed by atoms with Crippen molar-refractivity contribution in [3.05, 3.63) is 65.6 Å². The Labute approximate surface area is 164 Å². The van der Waals surface area contributed by atoms with E-state index in [1.807, 2.05) is 47.3 Å². The molecule has 1 aliphatic rings. The maximum absolute atomic E-state index is 12.8. The van der Waals surface area contributed by atoms with Crippen molar-refractivity contribution >= 4 is 22.6 Å². The number of benzene rings is 1. The molecule has 7 nitrogen and oxygen atoms in total. The first-order valence-corrected chi connectivity index (χ1v) is 9.56. The molecule has 1 aromatic carbocycles. The van der Waals surface area contributed by atoms with Crippen molar-refractivity contribution in [2.24, 2.45) is 10.8 Å². The molecule has 3 aromatic rings. The van der Waals surface area contributed by atoms with Crippen molar-refractivity contribution in [2.75, 3.05) is 5.01 Å². The van der Waals surface area contributed by atoms with Gasteiger partial charge in [0.25, 0.3) is 6.43 Å². The van der Waals surface area contributed by atoms with Crippen LogP contribution in [-0.2, 0) is 13.1 Å². The summed E-state index contributed by atoms with van der Waals surface area (Å²) in [6.07, 6.45) is -0.717. The average Bonchev–Trinajstić information content (AvgIpc) is 3.36. The van der Waals surface area contributed by atoms with Gasteiger partial charge in [-0.25, -0.2) is 13.8 Å². The van der Waals surface area contributed by atoms with E-state index >= 15 is 0 Å². The number of aryl methyl sites for hydroxylation is 1. The molecule has 1 unspecified atom stereocenters. The minimum absolute atomic E-state index is 0.234. The highest BCUT2D eigenvalue weighted by molar-refractivity contribution is 8.14. The fraction of sp³-hybridized carbons (Fsp3) is 0.278. The van der Waals surface area contributed by atoms with Crippen molar-refractivity contribution in [1.82, 2.24) is 19.6 Å². The normalized spacial score (nSPS) is 16.8. The van der Waals surface area contributed by atoms with Gasteiger partial charge in [-0.15, -0.1) is 0 Å². The molecule has 0 bridgehead atoms. The highest BCUT2D eigenvalue weighted by Crippen LogP contribution is 2.28. The summed E-state index contributed by atoms with van der Waals surface area (Å²) in [5.41, 5.74) is 7.31. The van der Waals surface area contributed by atoms with Crippen LogP contribution in [-0.4, -0.2) is 30.1 Å². The van der Waals surface area contributed by atoms with E-state index in [1.54, 1.807) is 11.9 Å². The zero-order chi connectivity index (χ0) is 19.7. The second kappa shape index (κ2) is 7.72. The van der Waals surface area contributed by atoms with Crippen LogP contribution in [0.15, 0.2) is 53.8 Å². The molecule has 28 heavy (non-hydrogen) atoms. The summed E-state index contributed by atoms with van der Waals surface area (Å²) in [7, 11) is 0. The molecule has 1 atom stereocenters. The molecule has 10 heteroatoms. The Morgan fingerprint density at radius 1 is 1.14 bits per heavy atom. The van der Waals surface area contributed by atoms with Crippen LogP contribution >= 0.6 is 11.8 Å². The van der Waals surface area contributed by atoms with E-state index in [4.69, 9.17) is 5.73 Å². The van der Waals surface area contributed by atoms with Gasteiger partial charge in [-0.2, -0.15) is 15.3 Å². The monoisotopic (exact) mass is 403 g/mol. The van der Waals surface area contributed by atoms with Crippen LogP contribution in [0.25, 0.3) is 0 Å². The standard InChI is InChI=1S/C18H19F2N7S/c1-12-9-14(17(19)20)22-26(12)11-16-24-27(18(21)28-16)15-7-8-25(23-15)10-13-5-3-2-4-6-13/h2-9,17-18H,10-11,21H2,1H3. The van der Waals surface area contributed by atoms with Crippen LogP contribution in [0, 0.1) is 6.92 Å². The van der Waals surface area contributed by atoms with Gasteiger partial charge >= 0.3 is 0 Å². The molecule has 2 aromatic heterocycles. The number of hydrogen-bond acceptors (Lipinski definition) is 6. The molecule has 2 N–H and O–H groups in total. The van der Waals surface area contributed by atoms with Crippen molar-refractivity contribution in [1.29, 1.82) is 0 Å². The maximum Gasteiger partial charge on any atom is 0.282 e. The number of hydrogen-bond donors (Lipinski definition) is 1. The third-order valence-corrected chi connectivity index (χ3v) is 5.20. The quantitative estimate of drug-likeness (QED) is 0.684. The van der Waals surface area contributed by atoms with Crippen LogP contribution in [0.3, 0.4) is 0 Å². The van der Waals surface area contributed by atoms with E-state index < -0.39 is 11.9 Å². The fourth-order valence-corrected chi connectivity index (χ4v) is 3.77. The van der Waals surface area contributed by atoms with E-state index in [2.05, 4.69) is 15.3 Å². The summed E-state index contributed by atoms with van der Waals surface area (Å²) >= 11 is 1.36. The third kappa shape index (κ3) is 3.92. The number of thioether (sulfide) groups is 1. The first kappa shape index (κ1) is 18.6. The molecule has 0 aliphatic carbocycles. The molecule has 0 amide bonds. The maximum atomic E-state index is 12.8. The number of aromatic nitrogens is 4. The van der Waals surface area contributed by atoms with Gasteiger partial charge in [0.15, 0.2) is 11.3 Å². The summed E-state index contributed by atoms with van der Waals surface area (Å²) in [4.78, 5) is 0. The lowest BCUT2D eigenvalue weighted by Crippen LogP contribution is -2.32. The van der Waals surface area contributed by atoms with Crippen molar-refractivity contribution in [3.8, 4) is 0 Å². The predicted octanol–water partition coefficient (Wildman–Crippen LogP) is 3.18. The number of halogens is 2. The Hall–Kier alpha value is -2.72. The number of anilines is 1. The van der Waals surface area contributed by atoms with E-state index in [-0.39, 0.29) is 12.2 Å². The minimum Gasteiger partial charge on any atom is -0.301 e. The highest BCUT2D eigenvalue weighted by Gasteiger charge is 2.28. The first-order chi connectivity index (χ1) is 13.5. The Balaban J connectivity index is 1.48. The summed E-state index contributed by atoms with van der Waals surface area (Å²) < 4.78 is 29.0. The summed E-state index contributed by atoms with van der Waals surface area (Å²) in [5.74, 6) is 0.636. The topological polar surface area (TPSA) is 77.3 Å². The smallest absolute Gasteiger partial charge is 0.282 e. The van der Waals surface area contributed by atoms with Gasteiger partial charge in [0, 0.05) is 18.0 Å². The zero-order valence-corrected chi connectivity index (χ0v) is 15.9. The second-order valence-corrected chi connectivity index (χ2v) is 7.56. The average molecular weight is 403 g/mol. The lowest BCUT2D eigenvalue weighted by Gasteiger charge is -2.15. The van der Waals surface area contributed by atoms with E-state index in [0.717, 1.165) is 5.56 Å². The van der Waals surface area contributed by atoms with E-state index in [0.29, 0.717) is 23.1 Å². The highest BCUT2D eigenvalue weighted by atomic mass is 32.2. The molecule has 3 heterocycles. The molecule has 146 valence electrons. The van der Waals surface area contributed by atoms with Crippen molar-refractivity contribution in [3.63, 3.8) is 0 Å². The summed E-state index contributed by atoms with van der Waals surface area (Å²) in [6.45, 7) is 2.68. The molecule has 0 radical (unpaired) electrons. The molecule has 0 spiro atoms. The summed E-state index contributed by atoms with van der Waals surface area (Å²) in [6, 6.07) is 13.3. The lowest BCUT2D eigenvalue weighted by molar-refractivity contribution is 0.145. The SMILES string of the molecule is Cc1cc(C(F)F)nn1CC1=NN(c2ccn(Cc3ccccc3)n2)C(N)S1. The number of nitrogens with zero attached hydrogens (tertiary/aromatic N) is 6. The second-order valence-electron chi connectivity index (χ2n) is 6.37. The molecule has 0 saturated carbocycles. The number of alkyl halides is 2. The number of nitrogens with two attached hydrogens (primary N) is 1. The Morgan fingerprint density at radius 2 is 1.93 bits per heavy atom. The van der Waals surface area contributed by atoms with Crippen LogP contribution in [0.1, 0.15) is 23.4 Å². The third-order valence-electron chi connectivity index (χ3n) is 4.27. The molecule has 4 rings (SSSR count). The lowest BCUT2D eigenvalue weighted by atomic mass is 10.2. The zero-order valence-electron chi connectivity index (χ0n) is 15.1. The number of hydrazone groups is 1. The van der Waals surface area contributed by atoms with Gasteiger partial charge in [-0.3, -0.25) is 9.36 Å². The fourth-order valence-electron chi connectivity index (χ4n) is 2.90. The summed E-state index contributed by atoms with van der Waals surface area (Å²) in [5, 5.41) is 15.3. The molecular weight excluding hydrogens is 384 g/mol. The number of rotatable bonds is 6. The van der Waals surface area contributed by atoms with Crippen LogP contribution in [0.4, 0.5) is 14.6 Å². The van der Waals surface area contributed by atoms with Gasteiger partial charge in [-0.05, 0) is 18.6 Å². The van der Waals surface area contributed by atoms with Crippen LogP contribution in [0.5, 0.6) is 0 Å². The Bertz CT molecular complexity index is 983. The molecular formula is C18H19F2N7S. The Morgan fingerprint density at radius 3 is 2.64 bits per heavy atom. The van der Waals surface area contributed by atoms with Gasteiger partial charge in [0.1, 0.15) is 10.7 Å². The minimum atomic E-state index is -2.59. The van der Waals surface area contributed by atoms with Crippen molar-refractivity contribution in [2.45, 2.75) is 31.9 Å². The molecule has 0 saturated heterocycles.